The van der Waals surface area contributed by atoms with E-state index in [0.29, 0.717) is 6.42 Å². The molecule has 0 radical (unpaired) electrons. The highest BCUT2D eigenvalue weighted by Crippen LogP contribution is 2.22. The van der Waals surface area contributed by atoms with Gasteiger partial charge in [-0.05, 0) is 18.5 Å². The molecule has 0 aliphatic carbocycles. The lowest BCUT2D eigenvalue weighted by atomic mass is 10.1. The Hall–Kier alpha value is 0.100. The maximum Gasteiger partial charge on any atom is 0.129 e. The minimum absolute atomic E-state index is 0.228. The SMILES string of the molecule is CC(=O)CCC(C)(C)P. The first kappa shape index (κ1) is 9.10. The molecule has 0 aliphatic rings. The monoisotopic (exact) mass is 146 g/mol. The van der Waals surface area contributed by atoms with Crippen LogP contribution >= 0.6 is 9.24 Å². The van der Waals surface area contributed by atoms with Crippen LogP contribution in [0.4, 0.5) is 0 Å². The van der Waals surface area contributed by atoms with Crippen molar-refractivity contribution >= 4 is 15.0 Å². The minimum Gasteiger partial charge on any atom is -0.300 e. The fraction of sp³-hybridized carbons (Fsp3) is 0.857. The first-order chi connectivity index (χ1) is 3.92. The first-order valence-electron chi connectivity index (χ1n) is 3.20. The smallest absolute Gasteiger partial charge is 0.129 e. The molecule has 9 heavy (non-hydrogen) atoms. The van der Waals surface area contributed by atoms with Gasteiger partial charge in [0.1, 0.15) is 5.78 Å². The summed E-state index contributed by atoms with van der Waals surface area (Å²) in [4.78, 5) is 10.5. The molecule has 0 bridgehead atoms. The molecule has 0 heterocycles. The summed E-state index contributed by atoms with van der Waals surface area (Å²) >= 11 is 0. The second kappa shape index (κ2) is 3.31. The lowest BCUT2D eigenvalue weighted by Gasteiger charge is -2.15. The van der Waals surface area contributed by atoms with Crippen LogP contribution in [-0.2, 0) is 4.79 Å². The molecule has 0 N–H and O–H groups in total. The van der Waals surface area contributed by atoms with Gasteiger partial charge in [0.2, 0.25) is 0 Å². The van der Waals surface area contributed by atoms with Gasteiger partial charge in [0.05, 0.1) is 0 Å². The Balaban J connectivity index is 3.39. The van der Waals surface area contributed by atoms with Crippen LogP contribution in [0.3, 0.4) is 0 Å². The van der Waals surface area contributed by atoms with Crippen molar-refractivity contribution in [3.8, 4) is 0 Å². The fourth-order valence-electron chi connectivity index (χ4n) is 0.498. The summed E-state index contributed by atoms with van der Waals surface area (Å²) in [5.41, 5.74) is 0. The summed E-state index contributed by atoms with van der Waals surface area (Å²) < 4.78 is 0. The Morgan fingerprint density at radius 2 is 2.00 bits per heavy atom. The van der Waals surface area contributed by atoms with E-state index in [-0.39, 0.29) is 10.9 Å². The van der Waals surface area contributed by atoms with Crippen LogP contribution in [0.2, 0.25) is 0 Å². The predicted molar refractivity (Wildman–Crippen MR) is 43.7 cm³/mol. The highest BCUT2D eigenvalue weighted by atomic mass is 31.0. The summed E-state index contributed by atoms with van der Waals surface area (Å²) in [5, 5.41) is 0.228. The summed E-state index contributed by atoms with van der Waals surface area (Å²) in [7, 11) is 2.73. The minimum atomic E-state index is 0.228. The second-order valence-corrected chi connectivity index (χ2v) is 4.75. The van der Waals surface area contributed by atoms with Crippen molar-refractivity contribution in [1.82, 2.24) is 0 Å². The van der Waals surface area contributed by atoms with Crippen LogP contribution in [0.25, 0.3) is 0 Å². The lowest BCUT2D eigenvalue weighted by molar-refractivity contribution is -0.117. The van der Waals surface area contributed by atoms with Crippen LogP contribution in [0, 0.1) is 0 Å². The molecular formula is C7H15OP. The van der Waals surface area contributed by atoms with E-state index in [2.05, 4.69) is 23.1 Å². The van der Waals surface area contributed by atoms with Crippen LogP contribution in [0.15, 0.2) is 0 Å². The first-order valence-corrected chi connectivity index (χ1v) is 3.78. The van der Waals surface area contributed by atoms with Crippen molar-refractivity contribution < 1.29 is 4.79 Å². The Morgan fingerprint density at radius 3 is 2.11 bits per heavy atom. The maximum atomic E-state index is 10.5. The molecule has 2 heteroatoms. The zero-order chi connectivity index (χ0) is 7.49. The van der Waals surface area contributed by atoms with Crippen molar-refractivity contribution in [3.05, 3.63) is 0 Å². The molecule has 0 saturated carbocycles. The second-order valence-electron chi connectivity index (χ2n) is 3.19. The molecule has 0 fully saturated rings. The van der Waals surface area contributed by atoms with E-state index in [1.165, 1.54) is 0 Å². The molecule has 0 aliphatic heterocycles. The average molecular weight is 146 g/mol. The summed E-state index contributed by atoms with van der Waals surface area (Å²) in [6.45, 7) is 5.86. The van der Waals surface area contributed by atoms with Crippen LogP contribution in [0.1, 0.15) is 33.6 Å². The van der Waals surface area contributed by atoms with Gasteiger partial charge in [-0.15, -0.1) is 9.24 Å². The van der Waals surface area contributed by atoms with Gasteiger partial charge in [0, 0.05) is 6.42 Å². The molecule has 0 aromatic rings. The molecule has 0 aromatic carbocycles. The van der Waals surface area contributed by atoms with Crippen molar-refractivity contribution in [2.24, 2.45) is 0 Å². The van der Waals surface area contributed by atoms with Crippen molar-refractivity contribution in [2.75, 3.05) is 0 Å². The molecule has 1 unspecified atom stereocenters. The van der Waals surface area contributed by atoms with E-state index in [9.17, 15) is 4.79 Å². The zero-order valence-corrected chi connectivity index (χ0v) is 7.55. The van der Waals surface area contributed by atoms with Crippen LogP contribution < -0.4 is 0 Å². The summed E-state index contributed by atoms with van der Waals surface area (Å²) in [6.07, 6.45) is 1.67. The zero-order valence-electron chi connectivity index (χ0n) is 6.40. The third-order valence-electron chi connectivity index (χ3n) is 1.12. The van der Waals surface area contributed by atoms with Crippen LogP contribution in [0.5, 0.6) is 0 Å². The van der Waals surface area contributed by atoms with Gasteiger partial charge in [0.25, 0.3) is 0 Å². The quantitative estimate of drug-likeness (QED) is 0.556. The number of ketones is 1. The number of carbonyl (C=O) groups is 1. The maximum absolute atomic E-state index is 10.5. The van der Waals surface area contributed by atoms with Crippen molar-refractivity contribution in [3.63, 3.8) is 0 Å². The third kappa shape index (κ3) is 8.10. The highest BCUT2D eigenvalue weighted by Gasteiger charge is 2.10. The van der Waals surface area contributed by atoms with Crippen molar-refractivity contribution in [1.29, 1.82) is 0 Å². The Bertz CT molecular complexity index is 102. The van der Waals surface area contributed by atoms with Gasteiger partial charge in [-0.3, -0.25) is 0 Å². The predicted octanol–water partition coefficient (Wildman–Crippen LogP) is 2.01. The molecular weight excluding hydrogens is 131 g/mol. The number of hydrogen-bond acceptors (Lipinski definition) is 1. The molecule has 0 saturated heterocycles. The van der Waals surface area contributed by atoms with E-state index in [4.69, 9.17) is 0 Å². The van der Waals surface area contributed by atoms with Gasteiger partial charge in [-0.25, -0.2) is 0 Å². The normalized spacial score (nSPS) is 11.6. The Labute approximate surface area is 59.4 Å². The van der Waals surface area contributed by atoms with Gasteiger partial charge in [-0.1, -0.05) is 13.8 Å². The molecule has 54 valence electrons. The van der Waals surface area contributed by atoms with E-state index < -0.39 is 0 Å². The summed E-state index contributed by atoms with van der Waals surface area (Å²) in [5.74, 6) is 0.283. The largest absolute Gasteiger partial charge is 0.300 e. The lowest BCUT2D eigenvalue weighted by Crippen LogP contribution is -2.10. The van der Waals surface area contributed by atoms with Gasteiger partial charge < -0.3 is 4.79 Å². The number of rotatable bonds is 3. The highest BCUT2D eigenvalue weighted by molar-refractivity contribution is 7.18. The Morgan fingerprint density at radius 1 is 1.56 bits per heavy atom. The molecule has 0 amide bonds. The van der Waals surface area contributed by atoms with Gasteiger partial charge in [-0.2, -0.15) is 0 Å². The topological polar surface area (TPSA) is 17.1 Å². The van der Waals surface area contributed by atoms with E-state index in [1.54, 1.807) is 6.92 Å². The summed E-state index contributed by atoms with van der Waals surface area (Å²) in [6, 6.07) is 0. The van der Waals surface area contributed by atoms with Gasteiger partial charge in [0.15, 0.2) is 0 Å². The molecule has 0 spiro atoms. The van der Waals surface area contributed by atoms with E-state index in [1.807, 2.05) is 0 Å². The number of hydrogen-bond donors (Lipinski definition) is 0. The van der Waals surface area contributed by atoms with E-state index in [0.717, 1.165) is 6.42 Å². The third-order valence-corrected chi connectivity index (χ3v) is 1.41. The molecule has 1 nitrogen and oxygen atoms in total. The fourth-order valence-corrected chi connectivity index (χ4v) is 0.643. The van der Waals surface area contributed by atoms with Crippen LogP contribution in [-0.4, -0.2) is 10.9 Å². The Kier molecular flexibility index (Phi) is 3.35. The number of Topliss-reactive ketones (excluding diaryl/α,β-unsaturated/α-hetero) is 1. The molecule has 0 aromatic heterocycles. The van der Waals surface area contributed by atoms with Crippen molar-refractivity contribution in [2.45, 2.75) is 38.8 Å². The standard InChI is InChI=1S/C7H15OP/c1-6(8)4-5-7(2,3)9/h4-5,9H2,1-3H3. The van der Waals surface area contributed by atoms with E-state index >= 15 is 0 Å². The van der Waals surface area contributed by atoms with Gasteiger partial charge >= 0.3 is 0 Å². The molecule has 1 atom stereocenters. The number of carbonyl (C=O) groups excluding carboxylic acids is 1. The average Bonchev–Trinajstić information content (AvgIpc) is 1.59. The molecule has 0 rings (SSSR count).